The number of hydrogen-bond donors (Lipinski definition) is 0. The topological polar surface area (TPSA) is 50.1 Å². The molecule has 3 nitrogen and oxygen atoms in total. The van der Waals surface area contributed by atoms with E-state index in [4.69, 9.17) is 10.00 Å². The van der Waals surface area contributed by atoms with Crippen molar-refractivity contribution >= 4 is 37.8 Å². The lowest BCUT2D eigenvalue weighted by Crippen LogP contribution is -2.20. The van der Waals surface area contributed by atoms with Crippen LogP contribution in [0.3, 0.4) is 0 Å². The molecule has 0 aliphatic rings. The third-order valence-electron chi connectivity index (χ3n) is 3.06. The summed E-state index contributed by atoms with van der Waals surface area (Å²) in [6.45, 7) is 4.09. The summed E-state index contributed by atoms with van der Waals surface area (Å²) in [4.78, 5) is 12.2. The standard InChI is InChI=1S/C15H17Br2NO2/c1-3-5-6-11(4-2)15(19)20-14-12(16)7-10(9-18)8-13(14)17/h7-8,11H,3-6H2,1-2H3. The number of unbranched alkanes of at least 4 members (excludes halogenated alkanes) is 1. The molecule has 0 bridgehead atoms. The Labute approximate surface area is 136 Å². The molecule has 1 atom stereocenters. The molecule has 0 spiro atoms. The second-order valence-corrected chi connectivity index (χ2v) is 6.26. The van der Waals surface area contributed by atoms with Gasteiger partial charge in [-0.05, 0) is 56.8 Å². The van der Waals surface area contributed by atoms with Crippen LogP contribution < -0.4 is 4.74 Å². The van der Waals surface area contributed by atoms with E-state index < -0.39 is 0 Å². The van der Waals surface area contributed by atoms with E-state index in [1.54, 1.807) is 12.1 Å². The predicted octanol–water partition coefficient (Wildman–Crippen LogP) is 5.21. The lowest BCUT2D eigenvalue weighted by molar-refractivity contribution is -0.139. The first-order valence-corrected chi connectivity index (χ1v) is 8.22. The van der Waals surface area contributed by atoms with Crippen LogP contribution in [0, 0.1) is 17.2 Å². The number of benzene rings is 1. The Morgan fingerprint density at radius 2 is 1.95 bits per heavy atom. The van der Waals surface area contributed by atoms with Gasteiger partial charge in [-0.25, -0.2) is 0 Å². The van der Waals surface area contributed by atoms with Gasteiger partial charge in [0, 0.05) is 0 Å². The minimum absolute atomic E-state index is 0.0793. The van der Waals surface area contributed by atoms with Crippen molar-refractivity contribution in [2.45, 2.75) is 39.5 Å². The summed E-state index contributed by atoms with van der Waals surface area (Å²) in [7, 11) is 0. The minimum atomic E-state index is -0.216. The number of ether oxygens (including phenoxy) is 1. The molecule has 0 radical (unpaired) electrons. The molecule has 0 aliphatic carbocycles. The van der Waals surface area contributed by atoms with Gasteiger partial charge in [-0.3, -0.25) is 4.79 Å². The Morgan fingerprint density at radius 1 is 1.35 bits per heavy atom. The Bertz CT molecular complexity index is 500. The fraction of sp³-hybridized carbons (Fsp3) is 0.467. The predicted molar refractivity (Wildman–Crippen MR) is 85.5 cm³/mol. The lowest BCUT2D eigenvalue weighted by Gasteiger charge is -2.15. The van der Waals surface area contributed by atoms with Crippen molar-refractivity contribution in [1.82, 2.24) is 0 Å². The van der Waals surface area contributed by atoms with Crippen molar-refractivity contribution in [3.8, 4) is 11.8 Å². The molecule has 1 unspecified atom stereocenters. The van der Waals surface area contributed by atoms with Gasteiger partial charge in [0.05, 0.1) is 26.5 Å². The number of nitriles is 1. The lowest BCUT2D eigenvalue weighted by atomic mass is 10.00. The normalized spacial score (nSPS) is 11.8. The van der Waals surface area contributed by atoms with E-state index >= 15 is 0 Å². The summed E-state index contributed by atoms with van der Waals surface area (Å²) in [5.41, 5.74) is 0.501. The van der Waals surface area contributed by atoms with Crippen molar-refractivity contribution < 1.29 is 9.53 Å². The van der Waals surface area contributed by atoms with Gasteiger partial charge in [0.25, 0.3) is 0 Å². The maximum atomic E-state index is 12.2. The Balaban J connectivity index is 2.87. The maximum Gasteiger partial charge on any atom is 0.314 e. The molecule has 1 aromatic rings. The quantitative estimate of drug-likeness (QED) is 0.485. The molecule has 0 fully saturated rings. The Hall–Kier alpha value is -0.860. The first-order valence-electron chi connectivity index (χ1n) is 6.64. The molecule has 0 N–H and O–H groups in total. The van der Waals surface area contributed by atoms with E-state index in [1.807, 2.05) is 6.92 Å². The zero-order chi connectivity index (χ0) is 15.1. The third-order valence-corrected chi connectivity index (χ3v) is 4.24. The number of esters is 1. The maximum absolute atomic E-state index is 12.2. The highest BCUT2D eigenvalue weighted by atomic mass is 79.9. The van der Waals surface area contributed by atoms with Crippen LogP contribution in [0.25, 0.3) is 0 Å². The van der Waals surface area contributed by atoms with Crippen LogP contribution >= 0.6 is 31.9 Å². The van der Waals surface area contributed by atoms with Gasteiger partial charge in [0.1, 0.15) is 0 Å². The van der Waals surface area contributed by atoms with Gasteiger partial charge < -0.3 is 4.74 Å². The van der Waals surface area contributed by atoms with E-state index in [2.05, 4.69) is 44.9 Å². The highest BCUT2D eigenvalue weighted by Gasteiger charge is 2.20. The molecule has 5 heteroatoms. The first-order chi connectivity index (χ1) is 9.53. The van der Waals surface area contributed by atoms with Gasteiger partial charge in [0.2, 0.25) is 0 Å². The molecule has 0 aromatic heterocycles. The van der Waals surface area contributed by atoms with Gasteiger partial charge in [-0.1, -0.05) is 26.7 Å². The summed E-state index contributed by atoms with van der Waals surface area (Å²) in [6.07, 6.45) is 3.69. The van der Waals surface area contributed by atoms with E-state index in [0.29, 0.717) is 20.3 Å². The molecule has 0 saturated carbocycles. The summed E-state index contributed by atoms with van der Waals surface area (Å²) < 4.78 is 6.68. The molecule has 1 rings (SSSR count). The second-order valence-electron chi connectivity index (χ2n) is 4.55. The SMILES string of the molecule is CCCCC(CC)C(=O)Oc1c(Br)cc(C#N)cc1Br. The number of halogens is 2. The van der Waals surface area contributed by atoms with Crippen LogP contribution in [0.4, 0.5) is 0 Å². The van der Waals surface area contributed by atoms with Crippen molar-refractivity contribution in [2.75, 3.05) is 0 Å². The Kier molecular flexibility index (Phi) is 7.25. The number of nitrogens with zero attached hydrogens (tertiary/aromatic N) is 1. The van der Waals surface area contributed by atoms with E-state index in [9.17, 15) is 4.79 Å². The van der Waals surface area contributed by atoms with Crippen LogP contribution in [0.2, 0.25) is 0 Å². The Morgan fingerprint density at radius 3 is 2.40 bits per heavy atom. The molecular weight excluding hydrogens is 386 g/mol. The average Bonchev–Trinajstić information content (AvgIpc) is 2.43. The van der Waals surface area contributed by atoms with Crippen molar-refractivity contribution in [1.29, 1.82) is 5.26 Å². The smallest absolute Gasteiger partial charge is 0.314 e. The summed E-state index contributed by atoms with van der Waals surface area (Å²) in [5, 5.41) is 8.88. The largest absolute Gasteiger partial charge is 0.424 e. The number of carbonyl (C=O) groups excluding carboxylic acids is 1. The van der Waals surface area contributed by atoms with Crippen LogP contribution in [-0.2, 0) is 4.79 Å². The zero-order valence-electron chi connectivity index (χ0n) is 11.6. The molecule has 0 saturated heterocycles. The summed E-state index contributed by atoms with van der Waals surface area (Å²) in [5.74, 6) is 0.139. The van der Waals surface area contributed by atoms with Crippen LogP contribution in [0.15, 0.2) is 21.1 Å². The number of carbonyl (C=O) groups is 1. The van der Waals surface area contributed by atoms with Gasteiger partial charge in [-0.2, -0.15) is 5.26 Å². The van der Waals surface area contributed by atoms with Gasteiger partial charge in [0.15, 0.2) is 5.75 Å². The summed E-state index contributed by atoms with van der Waals surface area (Å²) >= 11 is 6.67. The van der Waals surface area contributed by atoms with Gasteiger partial charge >= 0.3 is 5.97 Å². The van der Waals surface area contributed by atoms with E-state index in [-0.39, 0.29) is 11.9 Å². The molecule has 20 heavy (non-hydrogen) atoms. The molecule has 0 heterocycles. The fourth-order valence-electron chi connectivity index (χ4n) is 1.85. The zero-order valence-corrected chi connectivity index (χ0v) is 14.8. The monoisotopic (exact) mass is 401 g/mol. The van der Waals surface area contributed by atoms with Crippen molar-refractivity contribution in [3.05, 3.63) is 26.6 Å². The third kappa shape index (κ3) is 4.60. The number of rotatable bonds is 6. The van der Waals surface area contributed by atoms with Crippen LogP contribution in [0.5, 0.6) is 5.75 Å². The minimum Gasteiger partial charge on any atom is -0.424 e. The molecule has 0 amide bonds. The van der Waals surface area contributed by atoms with Crippen molar-refractivity contribution in [2.24, 2.45) is 5.92 Å². The van der Waals surface area contributed by atoms with E-state index in [1.165, 1.54) is 0 Å². The number of hydrogen-bond acceptors (Lipinski definition) is 3. The molecule has 1 aromatic carbocycles. The average molecular weight is 403 g/mol. The van der Waals surface area contributed by atoms with Gasteiger partial charge in [-0.15, -0.1) is 0 Å². The van der Waals surface area contributed by atoms with Crippen LogP contribution in [-0.4, -0.2) is 5.97 Å². The van der Waals surface area contributed by atoms with Crippen LogP contribution in [0.1, 0.15) is 45.1 Å². The highest BCUT2D eigenvalue weighted by molar-refractivity contribution is 9.11. The highest BCUT2D eigenvalue weighted by Crippen LogP contribution is 2.35. The first kappa shape index (κ1) is 17.2. The van der Waals surface area contributed by atoms with E-state index in [0.717, 1.165) is 25.7 Å². The molecule has 0 aliphatic heterocycles. The van der Waals surface area contributed by atoms with Crippen molar-refractivity contribution in [3.63, 3.8) is 0 Å². The second kappa shape index (κ2) is 8.43. The molecular formula is C15H17Br2NO2. The summed E-state index contributed by atoms with van der Waals surface area (Å²) in [6, 6.07) is 5.33. The molecule has 108 valence electrons. The fourth-order valence-corrected chi connectivity index (χ4v) is 3.19.